The van der Waals surface area contributed by atoms with Crippen molar-refractivity contribution < 1.29 is 14.3 Å². The highest BCUT2D eigenvalue weighted by molar-refractivity contribution is 5.98. The minimum atomic E-state index is -0.433. The van der Waals surface area contributed by atoms with Crippen LogP contribution in [-0.2, 0) is 9.53 Å². The summed E-state index contributed by atoms with van der Waals surface area (Å²) in [6.07, 6.45) is 13.5. The number of cyclic esters (lactones) is 1. The second-order valence-corrected chi connectivity index (χ2v) is 6.38. The van der Waals surface area contributed by atoms with Crippen molar-refractivity contribution >= 4 is 12.0 Å². The van der Waals surface area contributed by atoms with Gasteiger partial charge in [-0.25, -0.2) is 9.69 Å². The number of nitrogens with zero attached hydrogens (tertiary/aromatic N) is 1. The molecule has 0 N–H and O–H groups in total. The summed E-state index contributed by atoms with van der Waals surface area (Å²) < 4.78 is 4.89. The summed E-state index contributed by atoms with van der Waals surface area (Å²) in [6.45, 7) is 4.34. The van der Waals surface area contributed by atoms with Crippen molar-refractivity contribution in [1.29, 1.82) is 0 Å². The van der Waals surface area contributed by atoms with Crippen LogP contribution in [-0.4, -0.2) is 29.5 Å². The van der Waals surface area contributed by atoms with Gasteiger partial charge in [0.25, 0.3) is 5.91 Å². The van der Waals surface area contributed by atoms with Gasteiger partial charge < -0.3 is 4.74 Å². The molecule has 128 valence electrons. The molecule has 0 aromatic heterocycles. The van der Waals surface area contributed by atoms with Crippen molar-refractivity contribution in [2.24, 2.45) is 0 Å². The summed E-state index contributed by atoms with van der Waals surface area (Å²) in [5.74, 6) is -0.155. The van der Waals surface area contributed by atoms with E-state index in [0.717, 1.165) is 25.7 Å². The number of carbonyl (C=O) groups excluding carboxylic acids is 2. The summed E-state index contributed by atoms with van der Waals surface area (Å²) in [7, 11) is 0. The zero-order valence-corrected chi connectivity index (χ0v) is 14.4. The largest absolute Gasteiger partial charge is 0.439 e. The van der Waals surface area contributed by atoms with Crippen LogP contribution in [0.4, 0.5) is 4.79 Å². The maximum absolute atomic E-state index is 11.9. The smallest absolute Gasteiger partial charge is 0.417 e. The Morgan fingerprint density at radius 2 is 1.36 bits per heavy atom. The maximum Gasteiger partial charge on any atom is 0.417 e. The number of rotatable bonds is 13. The molecule has 0 atom stereocenters. The molecule has 1 heterocycles. The van der Waals surface area contributed by atoms with E-state index >= 15 is 0 Å². The van der Waals surface area contributed by atoms with E-state index in [0.29, 0.717) is 0 Å². The topological polar surface area (TPSA) is 46.6 Å². The van der Waals surface area contributed by atoms with Gasteiger partial charge in [0.15, 0.2) is 6.61 Å². The van der Waals surface area contributed by atoms with Gasteiger partial charge >= 0.3 is 6.09 Å². The van der Waals surface area contributed by atoms with Crippen LogP contribution >= 0.6 is 0 Å². The Morgan fingerprint density at radius 3 is 1.77 bits per heavy atom. The zero-order valence-electron chi connectivity index (χ0n) is 14.4. The Kier molecular flexibility index (Phi) is 9.93. The van der Waals surface area contributed by atoms with Crippen LogP contribution < -0.4 is 0 Å². The number of ether oxygens (including phenoxy) is 1. The van der Waals surface area contributed by atoms with Gasteiger partial charge in [-0.3, -0.25) is 4.79 Å². The van der Waals surface area contributed by atoms with Crippen LogP contribution in [0.2, 0.25) is 0 Å². The summed E-state index contributed by atoms with van der Waals surface area (Å²) in [5, 5.41) is 0. The predicted octanol–water partition coefficient (Wildman–Crippen LogP) is 5.05. The second-order valence-electron chi connectivity index (χ2n) is 6.38. The van der Waals surface area contributed by atoms with Gasteiger partial charge in [0.2, 0.25) is 0 Å². The molecule has 0 unspecified atom stereocenters. The first kappa shape index (κ1) is 19.0. The average Bonchev–Trinajstić information content (AvgIpc) is 2.84. The molecule has 0 aromatic rings. The van der Waals surface area contributed by atoms with Gasteiger partial charge in [0.05, 0.1) is 0 Å². The first-order valence-corrected chi connectivity index (χ1v) is 9.19. The fourth-order valence-electron chi connectivity index (χ4n) is 3.09. The molecule has 1 rings (SSSR count). The van der Waals surface area contributed by atoms with Gasteiger partial charge in [-0.1, -0.05) is 78.1 Å². The summed E-state index contributed by atoms with van der Waals surface area (Å²) in [4.78, 5) is 25.0. The molecule has 1 aliphatic rings. The van der Waals surface area contributed by atoms with Gasteiger partial charge in [0.1, 0.15) is 0 Å². The lowest BCUT2D eigenvalue weighted by atomic mass is 9.99. The van der Waals surface area contributed by atoms with E-state index in [2.05, 4.69) is 13.8 Å². The minimum absolute atomic E-state index is 0.0470. The van der Waals surface area contributed by atoms with E-state index in [4.69, 9.17) is 4.74 Å². The summed E-state index contributed by atoms with van der Waals surface area (Å²) >= 11 is 0. The Balaban J connectivity index is 2.38. The van der Waals surface area contributed by atoms with Crippen LogP contribution in [0, 0.1) is 0 Å². The number of hydrogen-bond acceptors (Lipinski definition) is 3. The number of amides is 2. The van der Waals surface area contributed by atoms with E-state index < -0.39 is 6.09 Å². The van der Waals surface area contributed by atoms with Crippen molar-refractivity contribution in [2.75, 3.05) is 6.61 Å². The Bertz CT molecular complexity index is 300. The lowest BCUT2D eigenvalue weighted by Crippen LogP contribution is -2.39. The lowest BCUT2D eigenvalue weighted by Gasteiger charge is -2.24. The van der Waals surface area contributed by atoms with Crippen molar-refractivity contribution in [1.82, 2.24) is 4.90 Å². The normalized spacial score (nSPS) is 15.0. The molecular weight excluding hydrogens is 278 g/mol. The fourth-order valence-corrected chi connectivity index (χ4v) is 3.09. The van der Waals surface area contributed by atoms with Crippen LogP contribution in [0.15, 0.2) is 0 Å². The number of imide groups is 1. The molecule has 1 aliphatic heterocycles. The van der Waals surface area contributed by atoms with Gasteiger partial charge in [-0.05, 0) is 12.8 Å². The van der Waals surface area contributed by atoms with Crippen molar-refractivity contribution in [3.8, 4) is 0 Å². The average molecular weight is 311 g/mol. The minimum Gasteiger partial charge on any atom is -0.439 e. The molecule has 1 fully saturated rings. The quantitative estimate of drug-likeness (QED) is 0.447. The third kappa shape index (κ3) is 6.80. The lowest BCUT2D eigenvalue weighted by molar-refractivity contribution is -0.127. The highest BCUT2D eigenvalue weighted by atomic mass is 16.6. The van der Waals surface area contributed by atoms with Crippen molar-refractivity contribution in [2.45, 2.75) is 96.9 Å². The molecule has 2 amide bonds. The van der Waals surface area contributed by atoms with Gasteiger partial charge in [-0.2, -0.15) is 0 Å². The third-order valence-corrected chi connectivity index (χ3v) is 4.43. The molecule has 0 aliphatic carbocycles. The molecule has 0 saturated carbocycles. The Labute approximate surface area is 135 Å². The van der Waals surface area contributed by atoms with Gasteiger partial charge in [-0.15, -0.1) is 0 Å². The second kappa shape index (κ2) is 11.5. The predicted molar refractivity (Wildman–Crippen MR) is 88.7 cm³/mol. The van der Waals surface area contributed by atoms with E-state index in [1.54, 1.807) is 0 Å². The Hall–Kier alpha value is -1.06. The van der Waals surface area contributed by atoms with Crippen LogP contribution in [0.1, 0.15) is 90.9 Å². The molecule has 1 saturated heterocycles. The number of unbranched alkanes of at least 4 members (excludes halogenated alkanes) is 8. The summed E-state index contributed by atoms with van der Waals surface area (Å²) in [6, 6.07) is 0.0470. The molecule has 0 bridgehead atoms. The van der Waals surface area contributed by atoms with Crippen LogP contribution in [0.5, 0.6) is 0 Å². The molecular formula is C18H33NO3. The molecule has 22 heavy (non-hydrogen) atoms. The van der Waals surface area contributed by atoms with E-state index in [1.807, 2.05) is 0 Å². The maximum atomic E-state index is 11.9. The van der Waals surface area contributed by atoms with Crippen molar-refractivity contribution in [3.63, 3.8) is 0 Å². The van der Waals surface area contributed by atoms with Gasteiger partial charge in [0, 0.05) is 6.04 Å². The first-order valence-electron chi connectivity index (χ1n) is 9.19. The summed E-state index contributed by atoms with van der Waals surface area (Å²) in [5.41, 5.74) is 0. The monoisotopic (exact) mass is 311 g/mol. The first-order chi connectivity index (χ1) is 10.7. The Morgan fingerprint density at radius 1 is 0.864 bits per heavy atom. The zero-order chi connectivity index (χ0) is 16.2. The molecule has 0 radical (unpaired) electrons. The molecule has 0 spiro atoms. The highest BCUT2D eigenvalue weighted by Crippen LogP contribution is 2.22. The molecule has 4 heteroatoms. The highest BCUT2D eigenvalue weighted by Gasteiger charge is 2.36. The standard InChI is InChI=1S/C18H33NO3/c1-3-5-7-9-11-13-16(14-12-10-8-6-4-2)19-17(20)15-22-18(19)21/h16H,3-15H2,1-2H3. The SMILES string of the molecule is CCCCCCCC(CCCCCCC)N1C(=O)COC1=O. The molecule has 4 nitrogen and oxygen atoms in total. The van der Waals surface area contributed by atoms with E-state index in [-0.39, 0.29) is 18.6 Å². The third-order valence-electron chi connectivity index (χ3n) is 4.43. The molecule has 0 aromatic carbocycles. The van der Waals surface area contributed by atoms with E-state index in [1.165, 1.54) is 56.3 Å². The van der Waals surface area contributed by atoms with Crippen LogP contribution in [0.3, 0.4) is 0 Å². The van der Waals surface area contributed by atoms with E-state index in [9.17, 15) is 9.59 Å². The van der Waals surface area contributed by atoms with Crippen molar-refractivity contribution in [3.05, 3.63) is 0 Å². The van der Waals surface area contributed by atoms with Crippen LogP contribution in [0.25, 0.3) is 0 Å². The number of hydrogen-bond donors (Lipinski definition) is 0. The number of carbonyl (C=O) groups is 2. The fraction of sp³-hybridized carbons (Fsp3) is 0.889.